The molecule has 1 aliphatic heterocycles. The standard InChI is InChI=1S/C17H22N2O/c18-16-8-4-7-14-11-19(12-15(14)16)17(20)10-9-13-5-2-1-3-6-13/h1-3,5-6,9-10,14-16H,4,7-8,11-12,18H2/b10-9+. The van der Waals surface area contributed by atoms with E-state index < -0.39 is 0 Å². The molecule has 106 valence electrons. The molecule has 3 nitrogen and oxygen atoms in total. The van der Waals surface area contributed by atoms with Crippen molar-refractivity contribution in [2.75, 3.05) is 13.1 Å². The van der Waals surface area contributed by atoms with E-state index in [2.05, 4.69) is 0 Å². The SMILES string of the molecule is NC1CCCC2CN(C(=O)/C=C/c3ccccc3)CC12. The average molecular weight is 270 g/mol. The zero-order chi connectivity index (χ0) is 13.9. The first kappa shape index (κ1) is 13.4. The first-order valence-electron chi connectivity index (χ1n) is 7.51. The molecule has 2 aliphatic rings. The topological polar surface area (TPSA) is 46.3 Å². The van der Waals surface area contributed by atoms with Crippen LogP contribution in [-0.2, 0) is 4.79 Å². The first-order valence-corrected chi connectivity index (χ1v) is 7.51. The zero-order valence-electron chi connectivity index (χ0n) is 11.7. The third-order valence-corrected chi connectivity index (χ3v) is 4.68. The van der Waals surface area contributed by atoms with Crippen LogP contribution in [0.4, 0.5) is 0 Å². The number of amides is 1. The summed E-state index contributed by atoms with van der Waals surface area (Å²) in [6.07, 6.45) is 7.14. The number of benzene rings is 1. The Morgan fingerprint density at radius 1 is 1.20 bits per heavy atom. The fraction of sp³-hybridized carbons (Fsp3) is 0.471. The molecule has 3 rings (SSSR count). The van der Waals surface area contributed by atoms with Crippen LogP contribution in [0, 0.1) is 11.8 Å². The molecule has 2 fully saturated rings. The zero-order valence-corrected chi connectivity index (χ0v) is 11.7. The Balaban J connectivity index is 1.63. The summed E-state index contributed by atoms with van der Waals surface area (Å²) in [5, 5.41) is 0. The van der Waals surface area contributed by atoms with Crippen molar-refractivity contribution in [3.63, 3.8) is 0 Å². The van der Waals surface area contributed by atoms with E-state index >= 15 is 0 Å². The Morgan fingerprint density at radius 3 is 2.75 bits per heavy atom. The largest absolute Gasteiger partial charge is 0.339 e. The maximum absolute atomic E-state index is 12.3. The summed E-state index contributed by atoms with van der Waals surface area (Å²) in [6, 6.07) is 10.2. The lowest BCUT2D eigenvalue weighted by atomic mass is 9.78. The van der Waals surface area contributed by atoms with Crippen LogP contribution in [0.2, 0.25) is 0 Å². The van der Waals surface area contributed by atoms with Crippen LogP contribution in [0.3, 0.4) is 0 Å². The molecule has 1 heterocycles. The van der Waals surface area contributed by atoms with Crippen molar-refractivity contribution >= 4 is 12.0 Å². The highest BCUT2D eigenvalue weighted by Crippen LogP contribution is 2.35. The minimum Gasteiger partial charge on any atom is -0.339 e. The molecule has 1 aromatic rings. The van der Waals surface area contributed by atoms with Gasteiger partial charge in [-0.2, -0.15) is 0 Å². The van der Waals surface area contributed by atoms with E-state index in [1.165, 1.54) is 12.8 Å². The summed E-state index contributed by atoms with van der Waals surface area (Å²) >= 11 is 0. The van der Waals surface area contributed by atoms with E-state index in [-0.39, 0.29) is 11.9 Å². The number of likely N-dealkylation sites (tertiary alicyclic amines) is 1. The van der Waals surface area contributed by atoms with Crippen molar-refractivity contribution in [3.8, 4) is 0 Å². The predicted molar refractivity (Wildman–Crippen MR) is 80.9 cm³/mol. The first-order chi connectivity index (χ1) is 9.74. The molecule has 0 aromatic heterocycles. The third-order valence-electron chi connectivity index (χ3n) is 4.68. The van der Waals surface area contributed by atoms with Crippen molar-refractivity contribution in [1.82, 2.24) is 4.90 Å². The summed E-state index contributed by atoms with van der Waals surface area (Å²) in [5.74, 6) is 1.25. The number of fused-ring (bicyclic) bond motifs is 1. The van der Waals surface area contributed by atoms with E-state index in [9.17, 15) is 4.79 Å². The van der Waals surface area contributed by atoms with Crippen LogP contribution in [0.1, 0.15) is 24.8 Å². The van der Waals surface area contributed by atoms with Crippen LogP contribution >= 0.6 is 0 Å². The summed E-state index contributed by atoms with van der Waals surface area (Å²) in [4.78, 5) is 14.2. The molecule has 1 aromatic carbocycles. The van der Waals surface area contributed by atoms with E-state index in [1.807, 2.05) is 41.3 Å². The molecule has 1 amide bonds. The molecule has 3 heteroatoms. The van der Waals surface area contributed by atoms with Gasteiger partial charge in [0.05, 0.1) is 0 Å². The number of nitrogens with two attached hydrogens (primary N) is 1. The lowest BCUT2D eigenvalue weighted by molar-refractivity contribution is -0.125. The van der Waals surface area contributed by atoms with Gasteiger partial charge >= 0.3 is 0 Å². The molecule has 0 spiro atoms. The van der Waals surface area contributed by atoms with Gasteiger partial charge in [0.2, 0.25) is 5.91 Å². The number of rotatable bonds is 2. The number of hydrogen-bond donors (Lipinski definition) is 1. The van der Waals surface area contributed by atoms with E-state index in [4.69, 9.17) is 5.73 Å². The second-order valence-electron chi connectivity index (χ2n) is 6.01. The van der Waals surface area contributed by atoms with Crippen molar-refractivity contribution in [3.05, 3.63) is 42.0 Å². The van der Waals surface area contributed by atoms with Crippen LogP contribution in [0.5, 0.6) is 0 Å². The molecule has 1 saturated heterocycles. The number of carbonyl (C=O) groups excluding carboxylic acids is 1. The van der Waals surface area contributed by atoms with E-state index in [0.717, 1.165) is 25.1 Å². The Bertz CT molecular complexity index is 497. The maximum atomic E-state index is 12.3. The van der Waals surface area contributed by atoms with Gasteiger partial charge in [-0.3, -0.25) is 4.79 Å². The van der Waals surface area contributed by atoms with Crippen molar-refractivity contribution in [2.45, 2.75) is 25.3 Å². The van der Waals surface area contributed by atoms with Crippen LogP contribution in [0.25, 0.3) is 6.08 Å². The fourth-order valence-electron chi connectivity index (χ4n) is 3.53. The van der Waals surface area contributed by atoms with Gasteiger partial charge in [-0.05, 0) is 36.3 Å². The van der Waals surface area contributed by atoms with Gasteiger partial charge in [-0.15, -0.1) is 0 Å². The van der Waals surface area contributed by atoms with Crippen molar-refractivity contribution < 1.29 is 4.79 Å². The highest BCUT2D eigenvalue weighted by atomic mass is 16.2. The maximum Gasteiger partial charge on any atom is 0.246 e. The lowest BCUT2D eigenvalue weighted by Gasteiger charge is -2.29. The molecular weight excluding hydrogens is 248 g/mol. The summed E-state index contributed by atoms with van der Waals surface area (Å²) in [6.45, 7) is 1.72. The van der Waals surface area contributed by atoms with Crippen molar-refractivity contribution in [2.24, 2.45) is 17.6 Å². The third kappa shape index (κ3) is 2.78. The average Bonchev–Trinajstić information content (AvgIpc) is 2.91. The summed E-state index contributed by atoms with van der Waals surface area (Å²) in [7, 11) is 0. The minimum absolute atomic E-state index is 0.121. The Kier molecular flexibility index (Phi) is 3.88. The van der Waals surface area contributed by atoms with Gasteiger partial charge in [0.1, 0.15) is 0 Å². The smallest absolute Gasteiger partial charge is 0.246 e. The second kappa shape index (κ2) is 5.80. The highest BCUT2D eigenvalue weighted by Gasteiger charge is 2.39. The van der Waals surface area contributed by atoms with E-state index in [1.54, 1.807) is 6.08 Å². The van der Waals surface area contributed by atoms with Gasteiger partial charge in [0.25, 0.3) is 0 Å². The van der Waals surface area contributed by atoms with Gasteiger partial charge in [-0.1, -0.05) is 36.8 Å². The molecule has 2 N–H and O–H groups in total. The number of hydrogen-bond acceptors (Lipinski definition) is 2. The molecule has 1 aliphatic carbocycles. The molecule has 3 atom stereocenters. The fourth-order valence-corrected chi connectivity index (χ4v) is 3.53. The van der Waals surface area contributed by atoms with Crippen LogP contribution in [0.15, 0.2) is 36.4 Å². The van der Waals surface area contributed by atoms with Gasteiger partial charge in [0.15, 0.2) is 0 Å². The summed E-state index contributed by atoms with van der Waals surface area (Å²) < 4.78 is 0. The van der Waals surface area contributed by atoms with Crippen LogP contribution < -0.4 is 5.73 Å². The number of nitrogens with zero attached hydrogens (tertiary/aromatic N) is 1. The minimum atomic E-state index is 0.121. The van der Waals surface area contributed by atoms with Crippen LogP contribution in [-0.4, -0.2) is 29.9 Å². The molecule has 0 radical (unpaired) electrons. The van der Waals surface area contributed by atoms with Crippen molar-refractivity contribution in [1.29, 1.82) is 0 Å². The summed E-state index contributed by atoms with van der Waals surface area (Å²) in [5.41, 5.74) is 7.26. The predicted octanol–water partition coefficient (Wildman–Crippen LogP) is 2.29. The van der Waals surface area contributed by atoms with Gasteiger partial charge in [0, 0.05) is 25.2 Å². The second-order valence-corrected chi connectivity index (χ2v) is 6.01. The normalized spacial score (nSPS) is 29.6. The van der Waals surface area contributed by atoms with Gasteiger partial charge < -0.3 is 10.6 Å². The Morgan fingerprint density at radius 2 is 2.00 bits per heavy atom. The highest BCUT2D eigenvalue weighted by molar-refractivity contribution is 5.92. The molecule has 3 unspecified atom stereocenters. The quantitative estimate of drug-likeness (QED) is 0.838. The Labute approximate surface area is 120 Å². The lowest BCUT2D eigenvalue weighted by Crippen LogP contribution is -2.38. The monoisotopic (exact) mass is 270 g/mol. The molecular formula is C17H22N2O. The van der Waals surface area contributed by atoms with E-state index in [0.29, 0.717) is 11.8 Å². The molecule has 0 bridgehead atoms. The Hall–Kier alpha value is -1.61. The molecule has 20 heavy (non-hydrogen) atoms. The molecule has 1 saturated carbocycles. The van der Waals surface area contributed by atoms with Gasteiger partial charge in [-0.25, -0.2) is 0 Å². The number of carbonyl (C=O) groups is 1.